The van der Waals surface area contributed by atoms with Crippen molar-refractivity contribution >= 4 is 11.1 Å². The molecule has 4 heteroatoms. The molecule has 1 unspecified atom stereocenters. The maximum atomic E-state index is 14.3. The molecule has 37 heavy (non-hydrogen) atoms. The van der Waals surface area contributed by atoms with Crippen LogP contribution in [0.15, 0.2) is 60.7 Å². The Morgan fingerprint density at radius 2 is 1.70 bits per heavy atom. The van der Waals surface area contributed by atoms with E-state index in [2.05, 4.69) is 43.0 Å². The van der Waals surface area contributed by atoms with Crippen LogP contribution in [0.5, 0.6) is 0 Å². The second-order valence-electron chi connectivity index (χ2n) is 10.5. The van der Waals surface area contributed by atoms with Gasteiger partial charge in [0, 0.05) is 13.1 Å². The molecule has 1 heterocycles. The molecule has 3 aromatic rings. The zero-order valence-corrected chi connectivity index (χ0v) is 22.3. The predicted molar refractivity (Wildman–Crippen MR) is 148 cm³/mol. The van der Waals surface area contributed by atoms with Crippen LogP contribution in [-0.2, 0) is 6.42 Å². The minimum absolute atomic E-state index is 0.162. The van der Waals surface area contributed by atoms with E-state index < -0.39 is 0 Å². The van der Waals surface area contributed by atoms with E-state index >= 15 is 0 Å². The summed E-state index contributed by atoms with van der Waals surface area (Å²) in [4.78, 5) is 2.35. The molecular formula is C33H38F3N. The molecule has 196 valence electrons. The summed E-state index contributed by atoms with van der Waals surface area (Å²) in [5, 5.41) is 0. The molecule has 0 N–H and O–H groups in total. The van der Waals surface area contributed by atoms with Crippen LogP contribution in [0.2, 0.25) is 0 Å². The van der Waals surface area contributed by atoms with E-state index in [-0.39, 0.29) is 18.3 Å². The number of rotatable bonds is 5. The molecule has 1 saturated heterocycles. The Morgan fingerprint density at radius 3 is 2.41 bits per heavy atom. The van der Waals surface area contributed by atoms with Gasteiger partial charge in [-0.3, -0.25) is 4.39 Å². The highest BCUT2D eigenvalue weighted by molar-refractivity contribution is 6.00. The largest absolute Gasteiger partial charge is 0.303 e. The Bertz CT molecular complexity index is 1230. The smallest absolute Gasteiger partial charge is 0.126 e. The molecule has 0 bridgehead atoms. The summed E-state index contributed by atoms with van der Waals surface area (Å²) in [7, 11) is 0. The first kappa shape index (κ1) is 27.2. The molecule has 1 atom stereocenters. The fourth-order valence-electron chi connectivity index (χ4n) is 5.52. The van der Waals surface area contributed by atoms with Crippen LogP contribution < -0.4 is 0 Å². The first-order valence-electron chi connectivity index (χ1n) is 13.5. The number of alkyl halides is 1. The number of nitrogens with zero attached hydrogens (tertiary/aromatic N) is 1. The molecule has 0 spiro atoms. The van der Waals surface area contributed by atoms with Crippen molar-refractivity contribution in [3.05, 3.63) is 106 Å². The molecule has 0 radical (unpaired) electrons. The molecule has 0 aromatic heterocycles. The van der Waals surface area contributed by atoms with Crippen molar-refractivity contribution in [1.82, 2.24) is 4.90 Å². The van der Waals surface area contributed by atoms with Crippen molar-refractivity contribution in [3.63, 3.8) is 0 Å². The number of likely N-dealkylation sites (tertiary alicyclic amines) is 1. The zero-order valence-electron chi connectivity index (χ0n) is 22.3. The van der Waals surface area contributed by atoms with Crippen LogP contribution in [0.1, 0.15) is 66.0 Å². The van der Waals surface area contributed by atoms with Gasteiger partial charge in [-0.1, -0.05) is 55.0 Å². The molecule has 3 aromatic carbocycles. The van der Waals surface area contributed by atoms with Crippen LogP contribution >= 0.6 is 0 Å². The van der Waals surface area contributed by atoms with E-state index in [1.165, 1.54) is 37.2 Å². The lowest BCUT2D eigenvalue weighted by Gasteiger charge is -2.18. The number of benzene rings is 3. The number of fused-ring (bicyclic) bond motifs is 1. The molecule has 1 fully saturated rings. The van der Waals surface area contributed by atoms with Crippen molar-refractivity contribution in [2.45, 2.75) is 52.9 Å². The fraction of sp³-hybridized carbons (Fsp3) is 0.394. The van der Waals surface area contributed by atoms with Crippen molar-refractivity contribution < 1.29 is 13.2 Å². The van der Waals surface area contributed by atoms with E-state index in [4.69, 9.17) is 0 Å². The average Bonchev–Trinajstić information content (AvgIpc) is 3.21. The summed E-state index contributed by atoms with van der Waals surface area (Å²) in [6.45, 7) is 9.31. The van der Waals surface area contributed by atoms with Crippen molar-refractivity contribution in [2.24, 2.45) is 5.92 Å². The molecule has 1 nitrogen and oxygen atoms in total. The van der Waals surface area contributed by atoms with Crippen molar-refractivity contribution in [2.75, 3.05) is 26.3 Å². The first-order valence-corrected chi connectivity index (χ1v) is 13.5. The van der Waals surface area contributed by atoms with Crippen molar-refractivity contribution in [1.29, 1.82) is 0 Å². The van der Waals surface area contributed by atoms with Gasteiger partial charge in [0.2, 0.25) is 0 Å². The van der Waals surface area contributed by atoms with Gasteiger partial charge in [-0.25, -0.2) is 8.78 Å². The maximum absolute atomic E-state index is 14.3. The molecule has 0 amide bonds. The fourth-order valence-corrected chi connectivity index (χ4v) is 5.52. The Hall–Kier alpha value is -2.85. The van der Waals surface area contributed by atoms with Gasteiger partial charge in [0.05, 0.1) is 6.67 Å². The number of allylic oxidation sites excluding steroid dienone is 1. The summed E-state index contributed by atoms with van der Waals surface area (Å²) in [5.74, 6) is 0.439. The molecule has 2 aliphatic rings. The van der Waals surface area contributed by atoms with E-state index in [1.807, 2.05) is 19.1 Å². The standard InChI is InChI=1S/C25H22F2.C8H16FN/c1-16-9-11-18(12-10-16)25-22-14-13-20(26)15-19(22)5-3-7-23(25)21-6-4-8-24(27)17(21)2;1-8-3-6-10(7-8)5-2-4-9/h4,6,8-15H,3,5,7H2,1-2H3;8H,2-7H2,1H3. The molecule has 0 saturated carbocycles. The van der Waals surface area contributed by atoms with Gasteiger partial charge in [0.15, 0.2) is 0 Å². The van der Waals surface area contributed by atoms with E-state index in [1.54, 1.807) is 12.1 Å². The summed E-state index contributed by atoms with van der Waals surface area (Å²) in [6, 6.07) is 18.7. The molecular weight excluding hydrogens is 467 g/mol. The summed E-state index contributed by atoms with van der Waals surface area (Å²) in [6.07, 6.45) is 4.58. The zero-order chi connectivity index (χ0) is 26.4. The minimum atomic E-state index is -0.206. The highest BCUT2D eigenvalue weighted by atomic mass is 19.1. The number of aryl methyl sites for hydroxylation is 2. The van der Waals surface area contributed by atoms with Gasteiger partial charge in [-0.2, -0.15) is 0 Å². The lowest BCUT2D eigenvalue weighted by molar-refractivity contribution is 0.304. The van der Waals surface area contributed by atoms with Gasteiger partial charge in [-0.05, 0) is 116 Å². The number of hydrogen-bond donors (Lipinski definition) is 0. The average molecular weight is 506 g/mol. The molecule has 1 aliphatic carbocycles. The van der Waals surface area contributed by atoms with Gasteiger partial charge in [0.25, 0.3) is 0 Å². The summed E-state index contributed by atoms with van der Waals surface area (Å²) < 4.78 is 39.9. The highest BCUT2D eigenvalue weighted by Gasteiger charge is 2.22. The number of halogens is 3. The second kappa shape index (κ2) is 12.6. The van der Waals surface area contributed by atoms with Crippen molar-refractivity contribution in [3.8, 4) is 0 Å². The van der Waals surface area contributed by atoms with Gasteiger partial charge in [-0.15, -0.1) is 0 Å². The Balaban J connectivity index is 0.000000270. The van der Waals surface area contributed by atoms with Crippen LogP contribution in [0, 0.1) is 31.4 Å². The van der Waals surface area contributed by atoms with Gasteiger partial charge >= 0.3 is 0 Å². The third kappa shape index (κ3) is 6.73. The normalized spacial score (nSPS) is 17.7. The Kier molecular flexibility index (Phi) is 9.26. The lowest BCUT2D eigenvalue weighted by atomic mass is 9.86. The van der Waals surface area contributed by atoms with Gasteiger partial charge < -0.3 is 4.90 Å². The highest BCUT2D eigenvalue weighted by Crippen LogP contribution is 2.41. The Labute approximate surface area is 220 Å². The second-order valence-corrected chi connectivity index (χ2v) is 10.5. The molecule has 5 rings (SSSR count). The monoisotopic (exact) mass is 505 g/mol. The molecule has 1 aliphatic heterocycles. The SMILES string of the molecule is CC1CCN(CCCF)C1.Cc1ccc(C2=C(c3cccc(F)c3C)CCCc3cc(F)ccc32)cc1. The van der Waals surface area contributed by atoms with Crippen LogP contribution in [0.3, 0.4) is 0 Å². The Morgan fingerprint density at radius 1 is 0.919 bits per heavy atom. The summed E-state index contributed by atoms with van der Waals surface area (Å²) >= 11 is 0. The minimum Gasteiger partial charge on any atom is -0.303 e. The van der Waals surface area contributed by atoms with Gasteiger partial charge in [0.1, 0.15) is 11.6 Å². The first-order chi connectivity index (χ1) is 17.9. The van der Waals surface area contributed by atoms with Crippen LogP contribution in [0.4, 0.5) is 13.2 Å². The lowest BCUT2D eigenvalue weighted by Crippen LogP contribution is -2.21. The van der Waals surface area contributed by atoms with Crippen LogP contribution in [-0.4, -0.2) is 31.2 Å². The topological polar surface area (TPSA) is 3.24 Å². The third-order valence-electron chi connectivity index (χ3n) is 7.56. The van der Waals surface area contributed by atoms with E-state index in [0.717, 1.165) is 65.1 Å². The predicted octanol–water partition coefficient (Wildman–Crippen LogP) is 8.56. The quantitative estimate of drug-likeness (QED) is 0.336. The third-order valence-corrected chi connectivity index (χ3v) is 7.56. The summed E-state index contributed by atoms with van der Waals surface area (Å²) in [5.41, 5.74) is 8.21. The van der Waals surface area contributed by atoms with Crippen LogP contribution in [0.25, 0.3) is 11.1 Å². The maximum Gasteiger partial charge on any atom is 0.126 e. The van der Waals surface area contributed by atoms with E-state index in [0.29, 0.717) is 12.0 Å². The number of hydrogen-bond acceptors (Lipinski definition) is 1. The van der Waals surface area contributed by atoms with E-state index in [9.17, 15) is 13.2 Å².